The molecule has 0 aromatic heterocycles. The Morgan fingerprint density at radius 1 is 0.745 bits per heavy atom. The van der Waals surface area contributed by atoms with Crippen LogP contribution in [0.1, 0.15) is 51.9 Å². The number of carbonyl (C=O) groups excluding carboxylic acids is 1. The van der Waals surface area contributed by atoms with Gasteiger partial charge in [0.1, 0.15) is 5.75 Å². The van der Waals surface area contributed by atoms with Crippen molar-refractivity contribution < 1.29 is 14.3 Å². The van der Waals surface area contributed by atoms with Gasteiger partial charge in [-0.2, -0.15) is 0 Å². The third kappa shape index (κ3) is 8.93. The van der Waals surface area contributed by atoms with Crippen LogP contribution in [0.3, 0.4) is 0 Å². The summed E-state index contributed by atoms with van der Waals surface area (Å²) in [6.07, 6.45) is 6.13. The summed E-state index contributed by atoms with van der Waals surface area (Å²) in [6, 6.07) is 27.7. The average Bonchev–Trinajstić information content (AvgIpc) is 3.13. The summed E-state index contributed by atoms with van der Waals surface area (Å²) < 4.78 is 12.5. The predicted octanol–water partition coefficient (Wildman–Crippen LogP) is 6.73. The number of nitrogens with zero attached hydrogens (tertiary/aromatic N) is 4. The zero-order chi connectivity index (χ0) is 36.5. The van der Waals surface area contributed by atoms with Gasteiger partial charge < -0.3 is 34.4 Å². The summed E-state index contributed by atoms with van der Waals surface area (Å²) in [7, 11) is 16.1. The fourth-order valence-corrected chi connectivity index (χ4v) is 7.11. The van der Waals surface area contributed by atoms with E-state index >= 15 is 0 Å². The molecule has 5 rings (SSSR count). The van der Waals surface area contributed by atoms with E-state index in [4.69, 9.17) is 9.47 Å². The smallest absolute Gasteiger partial charge is 0.338 e. The predicted molar refractivity (Wildman–Crippen MR) is 212 cm³/mol. The van der Waals surface area contributed by atoms with Gasteiger partial charge in [0.2, 0.25) is 0 Å². The lowest BCUT2D eigenvalue weighted by Gasteiger charge is -2.38. The van der Waals surface area contributed by atoms with Gasteiger partial charge in [0.05, 0.1) is 12.7 Å². The zero-order valence-electron chi connectivity index (χ0n) is 32.0. The van der Waals surface area contributed by atoms with E-state index in [-0.39, 0.29) is 5.97 Å². The number of hydrogen-bond acceptors (Lipinski definition) is 8. The maximum atomic E-state index is 13.1. The SMILES string of the molecule is CNC1=CC(c2ccccc2)(c2ccc(N(CCCN(C)C)CCCN(C)C)cc2)Oc2ccc3cc(CCCN(C)C)c(C(=O)OC)cc3c21. The number of aryl methyl sites for hydroxylation is 1. The molecule has 1 heterocycles. The van der Waals surface area contributed by atoms with Crippen LogP contribution in [0.25, 0.3) is 16.5 Å². The first-order valence-corrected chi connectivity index (χ1v) is 18.2. The van der Waals surface area contributed by atoms with Crippen molar-refractivity contribution in [1.29, 1.82) is 0 Å². The first-order chi connectivity index (χ1) is 24.6. The van der Waals surface area contributed by atoms with Gasteiger partial charge in [0, 0.05) is 48.2 Å². The molecule has 51 heavy (non-hydrogen) atoms. The Morgan fingerprint density at radius 3 is 1.94 bits per heavy atom. The molecule has 1 N–H and O–H groups in total. The lowest BCUT2D eigenvalue weighted by molar-refractivity contribution is 0.0599. The minimum Gasteiger partial charge on any atom is -0.473 e. The lowest BCUT2D eigenvalue weighted by Crippen LogP contribution is -2.36. The van der Waals surface area contributed by atoms with Crippen LogP contribution in [0.2, 0.25) is 0 Å². The van der Waals surface area contributed by atoms with E-state index in [1.807, 2.05) is 19.2 Å². The van der Waals surface area contributed by atoms with Crippen LogP contribution in [0.4, 0.5) is 5.69 Å². The van der Waals surface area contributed by atoms with E-state index in [1.54, 1.807) is 0 Å². The molecular weight excluding hydrogens is 635 g/mol. The number of esters is 1. The minimum atomic E-state index is -0.878. The first-order valence-electron chi connectivity index (χ1n) is 18.2. The van der Waals surface area contributed by atoms with Gasteiger partial charge in [-0.1, -0.05) is 54.6 Å². The third-order valence-electron chi connectivity index (χ3n) is 9.75. The topological polar surface area (TPSA) is 60.5 Å². The van der Waals surface area contributed by atoms with Crippen molar-refractivity contribution in [2.75, 3.05) is 94.1 Å². The van der Waals surface area contributed by atoms with Crippen molar-refractivity contribution in [3.63, 3.8) is 0 Å². The van der Waals surface area contributed by atoms with Gasteiger partial charge in [-0.3, -0.25) is 0 Å². The first kappa shape index (κ1) is 37.9. The summed E-state index contributed by atoms with van der Waals surface area (Å²) in [4.78, 5) is 22.3. The number of ether oxygens (including phenoxy) is 2. The Hall–Kier alpha value is -4.37. The molecular formula is C43H57N5O3. The number of carbonyl (C=O) groups is 1. The number of methoxy groups -OCH3 is 1. The van der Waals surface area contributed by atoms with E-state index in [1.165, 1.54) is 12.8 Å². The molecule has 0 fully saturated rings. The van der Waals surface area contributed by atoms with Crippen molar-refractivity contribution in [1.82, 2.24) is 20.0 Å². The molecule has 1 aliphatic rings. The van der Waals surface area contributed by atoms with E-state index in [9.17, 15) is 4.79 Å². The number of nitrogens with one attached hydrogen (secondary N) is 1. The zero-order valence-corrected chi connectivity index (χ0v) is 32.0. The maximum Gasteiger partial charge on any atom is 0.338 e. The van der Waals surface area contributed by atoms with Crippen LogP contribution in [-0.4, -0.2) is 110 Å². The standard InChI is InChI=1S/C43H57N5O3/c1-44-39-31-43(34-16-10-9-11-17-34,35-19-21-36(22-20-35)48(27-13-25-46(4)5)28-14-26-47(6)7)51-40-23-18-33-29-32(15-12-24-45(2)3)38(42(49)50-8)30-37(33)41(39)40/h9-11,16-23,29-31,44H,12-15,24-28H2,1-8H3. The number of rotatable bonds is 17. The van der Waals surface area contributed by atoms with Gasteiger partial charge in [-0.05, 0) is 134 Å². The fraction of sp³-hybridized carbons (Fsp3) is 0.419. The van der Waals surface area contributed by atoms with Gasteiger partial charge in [0.25, 0.3) is 0 Å². The van der Waals surface area contributed by atoms with Gasteiger partial charge in [0.15, 0.2) is 5.60 Å². The summed E-state index contributed by atoms with van der Waals surface area (Å²) >= 11 is 0. The fourth-order valence-electron chi connectivity index (χ4n) is 7.11. The number of benzene rings is 4. The molecule has 0 radical (unpaired) electrons. The van der Waals surface area contributed by atoms with Gasteiger partial charge in [-0.25, -0.2) is 4.79 Å². The Morgan fingerprint density at radius 2 is 1.35 bits per heavy atom. The van der Waals surface area contributed by atoms with Crippen molar-refractivity contribution in [3.05, 3.63) is 113 Å². The molecule has 0 saturated heterocycles. The number of anilines is 1. The highest BCUT2D eigenvalue weighted by Crippen LogP contribution is 2.47. The Kier molecular flexibility index (Phi) is 12.8. The van der Waals surface area contributed by atoms with E-state index in [2.05, 4.69) is 140 Å². The Balaban J connectivity index is 1.58. The van der Waals surface area contributed by atoms with Crippen LogP contribution in [0, 0.1) is 0 Å². The number of hydrogen-bond donors (Lipinski definition) is 1. The second kappa shape index (κ2) is 17.2. The average molecular weight is 692 g/mol. The summed E-state index contributed by atoms with van der Waals surface area (Å²) in [5.41, 5.74) is 5.91. The monoisotopic (exact) mass is 691 g/mol. The highest BCUT2D eigenvalue weighted by atomic mass is 16.5. The highest BCUT2D eigenvalue weighted by Gasteiger charge is 2.40. The van der Waals surface area contributed by atoms with E-state index in [0.717, 1.165) is 103 Å². The molecule has 8 heteroatoms. The lowest BCUT2D eigenvalue weighted by atomic mass is 9.81. The van der Waals surface area contributed by atoms with Crippen molar-refractivity contribution in [2.45, 2.75) is 31.3 Å². The third-order valence-corrected chi connectivity index (χ3v) is 9.75. The van der Waals surface area contributed by atoms with Crippen molar-refractivity contribution in [2.24, 2.45) is 0 Å². The number of fused-ring (bicyclic) bond motifs is 3. The molecule has 272 valence electrons. The Bertz CT molecular complexity index is 1770. The summed E-state index contributed by atoms with van der Waals surface area (Å²) in [5, 5.41) is 5.52. The van der Waals surface area contributed by atoms with Gasteiger partial charge >= 0.3 is 5.97 Å². The summed E-state index contributed by atoms with van der Waals surface area (Å²) in [6.45, 7) is 5.05. The molecule has 0 bridgehead atoms. The second-order valence-corrected chi connectivity index (χ2v) is 14.4. The molecule has 0 saturated carbocycles. The van der Waals surface area contributed by atoms with Crippen LogP contribution in [0.5, 0.6) is 5.75 Å². The van der Waals surface area contributed by atoms with E-state index < -0.39 is 5.60 Å². The van der Waals surface area contributed by atoms with Gasteiger partial charge in [-0.15, -0.1) is 0 Å². The van der Waals surface area contributed by atoms with Crippen LogP contribution >= 0.6 is 0 Å². The molecule has 1 unspecified atom stereocenters. The van der Waals surface area contributed by atoms with E-state index in [0.29, 0.717) is 5.56 Å². The quantitative estimate of drug-likeness (QED) is 0.123. The molecule has 1 aliphatic heterocycles. The second-order valence-electron chi connectivity index (χ2n) is 14.4. The molecule has 0 aliphatic carbocycles. The molecule has 0 spiro atoms. The summed E-state index contributed by atoms with van der Waals surface area (Å²) in [5.74, 6) is 0.435. The molecule has 4 aromatic rings. The largest absolute Gasteiger partial charge is 0.473 e. The molecule has 1 atom stereocenters. The highest BCUT2D eigenvalue weighted by molar-refractivity contribution is 6.03. The van der Waals surface area contributed by atoms with Crippen LogP contribution < -0.4 is 15.0 Å². The van der Waals surface area contributed by atoms with Crippen LogP contribution in [-0.2, 0) is 16.8 Å². The van der Waals surface area contributed by atoms with Crippen LogP contribution in [0.15, 0.2) is 84.9 Å². The molecule has 4 aromatic carbocycles. The Labute approximate surface area is 305 Å². The molecule has 8 nitrogen and oxygen atoms in total. The normalized spacial score (nSPS) is 15.5. The maximum absolute atomic E-state index is 13.1. The molecule has 0 amide bonds. The van der Waals surface area contributed by atoms with Crippen molar-refractivity contribution >= 4 is 28.1 Å². The minimum absolute atomic E-state index is 0.322. The van der Waals surface area contributed by atoms with Crippen molar-refractivity contribution in [3.8, 4) is 5.75 Å².